The monoisotopic (exact) mass is 438 g/mol. The summed E-state index contributed by atoms with van der Waals surface area (Å²) < 4.78 is 4.75. The van der Waals surface area contributed by atoms with E-state index in [1.807, 2.05) is 30.3 Å². The van der Waals surface area contributed by atoms with Crippen LogP contribution in [0.25, 0.3) is 0 Å². The number of ether oxygens (including phenoxy) is 1. The first-order chi connectivity index (χ1) is 15.4. The van der Waals surface area contributed by atoms with Crippen molar-refractivity contribution in [2.45, 2.75) is 31.7 Å². The van der Waals surface area contributed by atoms with Gasteiger partial charge in [-0.25, -0.2) is 9.59 Å². The summed E-state index contributed by atoms with van der Waals surface area (Å²) in [6.07, 6.45) is 0.121. The number of nitrogens with zero attached hydrogens (tertiary/aromatic N) is 1. The van der Waals surface area contributed by atoms with Gasteiger partial charge < -0.3 is 14.9 Å². The predicted molar refractivity (Wildman–Crippen MR) is 111 cm³/mol. The number of nitrogens with one attached hydrogen (secondary N) is 1. The van der Waals surface area contributed by atoms with E-state index in [-0.39, 0.29) is 36.8 Å². The zero-order valence-electron chi connectivity index (χ0n) is 17.4. The van der Waals surface area contributed by atoms with Crippen molar-refractivity contribution in [3.63, 3.8) is 0 Å². The van der Waals surface area contributed by atoms with E-state index < -0.39 is 35.7 Å². The Morgan fingerprint density at radius 1 is 0.906 bits per heavy atom. The van der Waals surface area contributed by atoms with E-state index in [0.717, 1.165) is 5.56 Å². The lowest BCUT2D eigenvalue weighted by Crippen LogP contribution is -2.43. The molecule has 0 saturated heterocycles. The van der Waals surface area contributed by atoms with E-state index >= 15 is 0 Å². The molecule has 3 rings (SSSR count). The fraction of sp³-hybridized carbons (Fsp3) is 0.261. The van der Waals surface area contributed by atoms with Crippen LogP contribution in [-0.4, -0.2) is 47.9 Å². The van der Waals surface area contributed by atoms with Crippen molar-refractivity contribution in [2.24, 2.45) is 0 Å². The highest BCUT2D eigenvalue weighted by Crippen LogP contribution is 2.23. The minimum Gasteiger partial charge on any atom is -0.467 e. The first-order valence-electron chi connectivity index (χ1n) is 10.0. The van der Waals surface area contributed by atoms with E-state index in [1.165, 1.54) is 19.2 Å². The molecule has 0 spiro atoms. The fourth-order valence-electron chi connectivity index (χ4n) is 3.24. The average Bonchev–Trinajstić information content (AvgIpc) is 3.04. The molecule has 32 heavy (non-hydrogen) atoms. The molecule has 2 aromatic rings. The Bertz CT molecular complexity index is 1000. The highest BCUT2D eigenvalue weighted by Gasteiger charge is 2.38. The molecule has 0 radical (unpaired) electrons. The highest BCUT2D eigenvalue weighted by atomic mass is 16.7. The quantitative estimate of drug-likeness (QED) is 0.468. The summed E-state index contributed by atoms with van der Waals surface area (Å²) >= 11 is 0. The van der Waals surface area contributed by atoms with Crippen LogP contribution in [0.4, 0.5) is 0 Å². The molecule has 0 fully saturated rings. The summed E-state index contributed by atoms with van der Waals surface area (Å²) in [4.78, 5) is 65.6. The molecule has 9 heteroatoms. The Kier molecular flexibility index (Phi) is 7.33. The van der Waals surface area contributed by atoms with E-state index in [1.54, 1.807) is 12.1 Å². The van der Waals surface area contributed by atoms with Crippen molar-refractivity contribution < 1.29 is 33.5 Å². The lowest BCUT2D eigenvalue weighted by Gasteiger charge is -2.17. The van der Waals surface area contributed by atoms with Gasteiger partial charge in [0.1, 0.15) is 6.04 Å². The molecule has 0 unspecified atom stereocenters. The van der Waals surface area contributed by atoms with Crippen molar-refractivity contribution >= 4 is 29.7 Å². The molecule has 166 valence electrons. The average molecular weight is 438 g/mol. The summed E-state index contributed by atoms with van der Waals surface area (Å²) in [5, 5.41) is 3.04. The van der Waals surface area contributed by atoms with Crippen LogP contribution in [0.15, 0.2) is 54.6 Å². The molecule has 1 atom stereocenters. The van der Waals surface area contributed by atoms with E-state index in [9.17, 15) is 24.0 Å². The summed E-state index contributed by atoms with van der Waals surface area (Å²) in [5.41, 5.74) is 1.18. The minimum absolute atomic E-state index is 0.0560. The van der Waals surface area contributed by atoms with E-state index in [2.05, 4.69) is 5.32 Å². The number of amides is 3. The Morgan fingerprint density at radius 3 is 2.09 bits per heavy atom. The zero-order valence-corrected chi connectivity index (χ0v) is 17.4. The Hall–Kier alpha value is -4.01. The number of methoxy groups -OCH3 is 1. The lowest BCUT2D eigenvalue weighted by atomic mass is 10.1. The van der Waals surface area contributed by atoms with Gasteiger partial charge in [0, 0.05) is 19.3 Å². The number of imide groups is 1. The van der Waals surface area contributed by atoms with Crippen molar-refractivity contribution in [2.75, 3.05) is 7.11 Å². The van der Waals surface area contributed by atoms with Gasteiger partial charge in [0.05, 0.1) is 18.2 Å². The summed E-state index contributed by atoms with van der Waals surface area (Å²) in [7, 11) is 1.24. The van der Waals surface area contributed by atoms with Gasteiger partial charge >= 0.3 is 11.9 Å². The van der Waals surface area contributed by atoms with Crippen LogP contribution in [0.3, 0.4) is 0 Å². The molecule has 9 nitrogen and oxygen atoms in total. The second kappa shape index (κ2) is 10.3. The number of carbonyl (C=O) groups excluding carboxylic acids is 5. The highest BCUT2D eigenvalue weighted by molar-refractivity contribution is 6.20. The number of carbonyl (C=O) groups is 5. The van der Waals surface area contributed by atoms with Gasteiger partial charge in [-0.1, -0.05) is 47.5 Å². The smallest absolute Gasteiger partial charge is 0.333 e. The van der Waals surface area contributed by atoms with Crippen LogP contribution in [-0.2, 0) is 30.4 Å². The molecule has 1 aliphatic rings. The van der Waals surface area contributed by atoms with Crippen molar-refractivity contribution in [1.82, 2.24) is 10.4 Å². The van der Waals surface area contributed by atoms with Crippen LogP contribution in [0.2, 0.25) is 0 Å². The number of hydroxylamine groups is 2. The molecule has 2 aromatic carbocycles. The summed E-state index contributed by atoms with van der Waals surface area (Å²) in [5.74, 6) is -3.25. The third-order valence-corrected chi connectivity index (χ3v) is 4.84. The summed E-state index contributed by atoms with van der Waals surface area (Å²) in [6, 6.07) is 14.4. The maximum Gasteiger partial charge on any atom is 0.333 e. The Labute approximate surface area is 184 Å². The number of esters is 1. The molecular weight excluding hydrogens is 416 g/mol. The fourth-order valence-corrected chi connectivity index (χ4v) is 3.24. The van der Waals surface area contributed by atoms with Gasteiger partial charge in [-0.15, -0.1) is 0 Å². The van der Waals surface area contributed by atoms with Crippen LogP contribution in [0.5, 0.6) is 0 Å². The maximum absolute atomic E-state index is 12.3. The van der Waals surface area contributed by atoms with Crippen LogP contribution in [0, 0.1) is 0 Å². The minimum atomic E-state index is -0.861. The van der Waals surface area contributed by atoms with Crippen molar-refractivity contribution in [3.05, 3.63) is 71.3 Å². The van der Waals surface area contributed by atoms with Gasteiger partial charge in [0.15, 0.2) is 0 Å². The van der Waals surface area contributed by atoms with Gasteiger partial charge in [0.2, 0.25) is 5.91 Å². The zero-order chi connectivity index (χ0) is 23.1. The number of hydrogen-bond donors (Lipinski definition) is 1. The third kappa shape index (κ3) is 5.37. The standard InChI is InChI=1S/C23H22N2O7/c1-31-23(30)18(14-15-8-3-2-4-9-15)24-19(26)12-7-13-20(27)32-25-21(28)16-10-5-6-11-17(16)22(25)29/h2-6,8-11,18H,7,12-14H2,1H3,(H,24,26)/t18-/m0/s1. The first kappa shape index (κ1) is 22.7. The van der Waals surface area contributed by atoms with E-state index in [4.69, 9.17) is 9.57 Å². The largest absolute Gasteiger partial charge is 0.467 e. The SMILES string of the molecule is COC(=O)[C@H](Cc1ccccc1)NC(=O)CCCC(=O)ON1C(=O)c2ccccc2C1=O. The van der Waals surface area contributed by atoms with E-state index in [0.29, 0.717) is 5.06 Å². The molecule has 1 aliphatic heterocycles. The first-order valence-corrected chi connectivity index (χ1v) is 10.0. The normalized spacial score (nSPS) is 13.3. The van der Waals surface area contributed by atoms with Gasteiger partial charge in [-0.3, -0.25) is 14.4 Å². The summed E-state index contributed by atoms with van der Waals surface area (Å²) in [6.45, 7) is 0. The molecular formula is C23H22N2O7. The van der Waals surface area contributed by atoms with Crippen molar-refractivity contribution in [3.8, 4) is 0 Å². The number of fused-ring (bicyclic) bond motifs is 1. The maximum atomic E-state index is 12.3. The number of rotatable bonds is 9. The number of hydrogen-bond acceptors (Lipinski definition) is 7. The Morgan fingerprint density at radius 2 is 1.50 bits per heavy atom. The second-order valence-corrected chi connectivity index (χ2v) is 7.10. The van der Waals surface area contributed by atoms with Crippen LogP contribution < -0.4 is 5.32 Å². The molecule has 3 amide bonds. The van der Waals surface area contributed by atoms with Gasteiger partial charge in [-0.2, -0.15) is 0 Å². The van der Waals surface area contributed by atoms with Gasteiger partial charge in [-0.05, 0) is 24.1 Å². The topological polar surface area (TPSA) is 119 Å². The van der Waals surface area contributed by atoms with Crippen LogP contribution in [0.1, 0.15) is 45.5 Å². The molecule has 0 bridgehead atoms. The molecule has 0 saturated carbocycles. The molecule has 0 aliphatic carbocycles. The predicted octanol–water partition coefficient (Wildman–Crippen LogP) is 1.81. The molecule has 1 N–H and O–H groups in total. The lowest BCUT2D eigenvalue weighted by molar-refractivity contribution is -0.168. The third-order valence-electron chi connectivity index (χ3n) is 4.84. The van der Waals surface area contributed by atoms with Crippen LogP contribution >= 0.6 is 0 Å². The number of benzene rings is 2. The Balaban J connectivity index is 1.46. The second-order valence-electron chi connectivity index (χ2n) is 7.10. The van der Waals surface area contributed by atoms with Gasteiger partial charge in [0.25, 0.3) is 11.8 Å². The van der Waals surface area contributed by atoms with Crippen molar-refractivity contribution in [1.29, 1.82) is 0 Å². The molecule has 1 heterocycles. The molecule has 0 aromatic heterocycles.